The van der Waals surface area contributed by atoms with Gasteiger partial charge in [-0.15, -0.1) is 0 Å². The van der Waals surface area contributed by atoms with Crippen LogP contribution in [0.3, 0.4) is 0 Å². The van der Waals surface area contributed by atoms with Crippen LogP contribution in [-0.2, 0) is 0 Å². The fourth-order valence-corrected chi connectivity index (χ4v) is 0.844. The van der Waals surface area contributed by atoms with Crippen LogP contribution in [0.5, 0.6) is 0 Å². The van der Waals surface area contributed by atoms with Crippen molar-refractivity contribution >= 4 is 6.29 Å². The van der Waals surface area contributed by atoms with Gasteiger partial charge in [-0.1, -0.05) is 0 Å². The highest BCUT2D eigenvalue weighted by molar-refractivity contribution is 5.72. The first kappa shape index (κ1) is 6.78. The quantitative estimate of drug-likeness (QED) is 0.667. The molecule has 1 N–H and O–H groups in total. The molecule has 0 aliphatic rings. The van der Waals surface area contributed by atoms with Gasteiger partial charge in [-0.25, -0.2) is 9.97 Å². The highest BCUT2D eigenvalue weighted by Crippen LogP contribution is 2.11. The van der Waals surface area contributed by atoms with E-state index >= 15 is 0 Å². The third kappa shape index (κ3) is 1.01. The lowest BCUT2D eigenvalue weighted by atomic mass is 10.5. The van der Waals surface area contributed by atoms with E-state index in [9.17, 15) is 4.79 Å². The first-order valence-electron chi connectivity index (χ1n) is 3.30. The third-order valence-corrected chi connectivity index (χ3v) is 1.36. The number of nitrogens with one attached hydrogen (secondary N) is 1. The van der Waals surface area contributed by atoms with E-state index in [0.29, 0.717) is 23.7 Å². The molecule has 0 aromatic carbocycles. The monoisotopic (exact) mass is 163 g/mol. The third-order valence-electron chi connectivity index (χ3n) is 1.36. The summed E-state index contributed by atoms with van der Waals surface area (Å²) in [5, 5.41) is 0. The van der Waals surface area contributed by atoms with Crippen molar-refractivity contribution in [3.63, 3.8) is 0 Å². The van der Waals surface area contributed by atoms with Crippen molar-refractivity contribution in [1.29, 1.82) is 0 Å². The van der Waals surface area contributed by atoms with Gasteiger partial charge in [-0.05, 0) is 0 Å². The number of aldehydes is 1. The summed E-state index contributed by atoms with van der Waals surface area (Å²) in [5.41, 5.74) is 0.406. The van der Waals surface area contributed by atoms with E-state index < -0.39 is 0 Å². The minimum absolute atomic E-state index is 0.378. The second kappa shape index (κ2) is 2.61. The van der Waals surface area contributed by atoms with E-state index in [0.717, 1.165) is 0 Å². The summed E-state index contributed by atoms with van der Waals surface area (Å²) < 4.78 is 4.96. The summed E-state index contributed by atoms with van der Waals surface area (Å²) in [4.78, 5) is 20.7. The van der Waals surface area contributed by atoms with Crippen LogP contribution in [0.4, 0.5) is 0 Å². The number of imidazole rings is 1. The molecule has 0 aliphatic heterocycles. The zero-order valence-corrected chi connectivity index (χ0v) is 6.02. The lowest BCUT2D eigenvalue weighted by molar-refractivity contribution is 0.111. The van der Waals surface area contributed by atoms with Crippen LogP contribution in [0.25, 0.3) is 11.7 Å². The van der Waals surface area contributed by atoms with Gasteiger partial charge in [0.05, 0.1) is 18.1 Å². The molecule has 0 saturated heterocycles. The molecule has 0 aliphatic carbocycles. The minimum Gasteiger partial charge on any atom is -0.442 e. The maximum Gasteiger partial charge on any atom is 0.262 e. The van der Waals surface area contributed by atoms with Crippen LogP contribution in [0.1, 0.15) is 10.5 Å². The van der Waals surface area contributed by atoms with Crippen LogP contribution in [0.15, 0.2) is 23.1 Å². The normalized spacial score (nSPS) is 10.0. The van der Waals surface area contributed by atoms with E-state index in [2.05, 4.69) is 15.0 Å². The van der Waals surface area contributed by atoms with Crippen molar-refractivity contribution in [3.8, 4) is 11.7 Å². The molecule has 12 heavy (non-hydrogen) atoms. The Morgan fingerprint density at radius 3 is 3.00 bits per heavy atom. The number of hydrogen-bond acceptors (Lipinski definition) is 4. The van der Waals surface area contributed by atoms with E-state index in [4.69, 9.17) is 4.42 Å². The Balaban J connectivity index is 2.41. The molecule has 5 nitrogen and oxygen atoms in total. The van der Waals surface area contributed by atoms with E-state index in [-0.39, 0.29) is 0 Å². The zero-order chi connectivity index (χ0) is 8.39. The fraction of sp³-hybridized carbons (Fsp3) is 0. The first-order chi connectivity index (χ1) is 5.90. The van der Waals surface area contributed by atoms with Gasteiger partial charge in [-0.2, -0.15) is 0 Å². The minimum atomic E-state index is 0.378. The first-order valence-corrected chi connectivity index (χ1v) is 3.30. The Kier molecular flexibility index (Phi) is 1.48. The fourth-order valence-electron chi connectivity index (χ4n) is 0.844. The van der Waals surface area contributed by atoms with E-state index in [1.54, 1.807) is 0 Å². The second-order valence-electron chi connectivity index (χ2n) is 2.14. The molecule has 2 heterocycles. The SMILES string of the molecule is O=Cc1cnc(-c2ncco2)[nH]1. The van der Waals surface area contributed by atoms with Crippen LogP contribution >= 0.6 is 0 Å². The average Bonchev–Trinajstić information content (AvgIpc) is 2.75. The van der Waals surface area contributed by atoms with Crippen LogP contribution in [-0.4, -0.2) is 21.2 Å². The number of aromatic nitrogens is 3. The Morgan fingerprint density at radius 1 is 1.50 bits per heavy atom. The van der Waals surface area contributed by atoms with Gasteiger partial charge in [0.1, 0.15) is 6.26 Å². The number of H-pyrrole nitrogens is 1. The Morgan fingerprint density at radius 2 is 2.42 bits per heavy atom. The van der Waals surface area contributed by atoms with Gasteiger partial charge in [0.15, 0.2) is 12.1 Å². The molecule has 60 valence electrons. The van der Waals surface area contributed by atoms with E-state index in [1.165, 1.54) is 18.7 Å². The maximum atomic E-state index is 10.3. The molecule has 2 rings (SSSR count). The second-order valence-corrected chi connectivity index (χ2v) is 2.14. The summed E-state index contributed by atoms with van der Waals surface area (Å²) in [7, 11) is 0. The van der Waals surface area contributed by atoms with Gasteiger partial charge in [0.2, 0.25) is 0 Å². The molecule has 0 saturated carbocycles. The lowest BCUT2D eigenvalue weighted by Gasteiger charge is -1.84. The predicted octanol–water partition coefficient (Wildman–Crippen LogP) is 0.877. The summed E-state index contributed by atoms with van der Waals surface area (Å²) in [6.45, 7) is 0. The largest absolute Gasteiger partial charge is 0.442 e. The lowest BCUT2D eigenvalue weighted by Crippen LogP contribution is -1.80. The van der Waals surface area contributed by atoms with Crippen LogP contribution in [0, 0.1) is 0 Å². The summed E-state index contributed by atoms with van der Waals surface area (Å²) in [5.74, 6) is 0.838. The van der Waals surface area contributed by atoms with Crippen molar-refractivity contribution in [3.05, 3.63) is 24.4 Å². The smallest absolute Gasteiger partial charge is 0.262 e. The van der Waals surface area contributed by atoms with Gasteiger partial charge in [0, 0.05) is 0 Å². The molecule has 0 amide bonds. The summed E-state index contributed by atoms with van der Waals surface area (Å²) in [6, 6.07) is 0. The number of rotatable bonds is 2. The Labute approximate surface area is 67.5 Å². The van der Waals surface area contributed by atoms with Crippen LogP contribution < -0.4 is 0 Å². The number of carbonyl (C=O) groups is 1. The standard InChI is InChI=1S/C7H5N3O2/c11-4-5-3-9-6(10-5)7-8-1-2-12-7/h1-4H,(H,9,10). The van der Waals surface area contributed by atoms with Gasteiger partial charge >= 0.3 is 0 Å². The number of hydrogen-bond donors (Lipinski definition) is 1. The van der Waals surface area contributed by atoms with Crippen molar-refractivity contribution in [1.82, 2.24) is 15.0 Å². The molecule has 0 unspecified atom stereocenters. The average molecular weight is 163 g/mol. The van der Waals surface area contributed by atoms with Crippen molar-refractivity contribution in [2.75, 3.05) is 0 Å². The number of aromatic amines is 1. The van der Waals surface area contributed by atoms with Crippen molar-refractivity contribution in [2.45, 2.75) is 0 Å². The Hall–Kier alpha value is -1.91. The van der Waals surface area contributed by atoms with Crippen LogP contribution in [0.2, 0.25) is 0 Å². The molecule has 5 heteroatoms. The highest BCUT2D eigenvalue weighted by atomic mass is 16.3. The Bertz CT molecular complexity index is 377. The zero-order valence-electron chi connectivity index (χ0n) is 6.02. The molecule has 2 aromatic heterocycles. The molecular formula is C7H5N3O2. The number of oxazole rings is 1. The molecule has 2 aromatic rings. The van der Waals surface area contributed by atoms with Crippen molar-refractivity contribution < 1.29 is 9.21 Å². The molecule has 0 radical (unpaired) electrons. The number of carbonyl (C=O) groups excluding carboxylic acids is 1. The summed E-state index contributed by atoms with van der Waals surface area (Å²) in [6.07, 6.45) is 5.06. The highest BCUT2D eigenvalue weighted by Gasteiger charge is 2.05. The topological polar surface area (TPSA) is 71.8 Å². The predicted molar refractivity (Wildman–Crippen MR) is 39.5 cm³/mol. The van der Waals surface area contributed by atoms with E-state index in [1.807, 2.05) is 0 Å². The number of nitrogens with zero attached hydrogens (tertiary/aromatic N) is 2. The maximum absolute atomic E-state index is 10.3. The molecule has 0 atom stereocenters. The van der Waals surface area contributed by atoms with Gasteiger partial charge in [0.25, 0.3) is 5.89 Å². The molecule has 0 spiro atoms. The molecule has 0 bridgehead atoms. The van der Waals surface area contributed by atoms with Gasteiger partial charge < -0.3 is 9.40 Å². The molecular weight excluding hydrogens is 158 g/mol. The van der Waals surface area contributed by atoms with Gasteiger partial charge in [-0.3, -0.25) is 4.79 Å². The molecule has 0 fully saturated rings. The van der Waals surface area contributed by atoms with Crippen molar-refractivity contribution in [2.24, 2.45) is 0 Å². The summed E-state index contributed by atoms with van der Waals surface area (Å²) >= 11 is 0.